The number of rotatable bonds is 4. The summed E-state index contributed by atoms with van der Waals surface area (Å²) in [5, 5.41) is 3.66. The van der Waals surface area contributed by atoms with Gasteiger partial charge >= 0.3 is 0 Å². The normalized spacial score (nSPS) is 11.3. The summed E-state index contributed by atoms with van der Waals surface area (Å²) in [6.45, 7) is 1.50. The molecular formula is C16H15ClFN3O2S. The average Bonchev–Trinajstić information content (AvgIpc) is 2.56. The van der Waals surface area contributed by atoms with E-state index in [4.69, 9.17) is 28.6 Å². The first-order valence-corrected chi connectivity index (χ1v) is 7.78. The van der Waals surface area contributed by atoms with Gasteiger partial charge in [0.2, 0.25) is 0 Å². The molecule has 2 aromatic carbocycles. The number of nitrogens with one attached hydrogen (secondary N) is 3. The first-order valence-electron chi connectivity index (χ1n) is 6.99. The molecule has 2 rings (SSSR count). The van der Waals surface area contributed by atoms with Crippen LogP contribution in [0.3, 0.4) is 0 Å². The van der Waals surface area contributed by atoms with Gasteiger partial charge in [0.15, 0.2) is 22.8 Å². The van der Waals surface area contributed by atoms with E-state index >= 15 is 0 Å². The summed E-state index contributed by atoms with van der Waals surface area (Å²) in [4.78, 5) is 11.9. The smallest absolute Gasteiger partial charge is 0.279 e. The van der Waals surface area contributed by atoms with Gasteiger partial charge in [-0.05, 0) is 55.5 Å². The van der Waals surface area contributed by atoms with Crippen molar-refractivity contribution in [2.24, 2.45) is 0 Å². The van der Waals surface area contributed by atoms with Crippen molar-refractivity contribution in [1.82, 2.24) is 10.9 Å². The van der Waals surface area contributed by atoms with Crippen molar-refractivity contribution in [1.29, 1.82) is 0 Å². The number of amides is 1. The molecule has 126 valence electrons. The largest absolute Gasteiger partial charge is 0.478 e. The molecule has 0 aliphatic carbocycles. The number of para-hydroxylation sites is 1. The van der Waals surface area contributed by atoms with Gasteiger partial charge in [0.25, 0.3) is 5.91 Å². The van der Waals surface area contributed by atoms with Crippen LogP contribution in [0.1, 0.15) is 6.92 Å². The lowest BCUT2D eigenvalue weighted by Crippen LogP contribution is -2.48. The fourth-order valence-corrected chi connectivity index (χ4v) is 1.99. The van der Waals surface area contributed by atoms with E-state index in [2.05, 4.69) is 16.2 Å². The first-order chi connectivity index (χ1) is 11.5. The molecular weight excluding hydrogens is 353 g/mol. The summed E-state index contributed by atoms with van der Waals surface area (Å²) < 4.78 is 18.8. The Morgan fingerprint density at radius 2 is 1.83 bits per heavy atom. The van der Waals surface area contributed by atoms with Crippen molar-refractivity contribution in [2.45, 2.75) is 13.0 Å². The Morgan fingerprint density at radius 3 is 2.50 bits per heavy atom. The van der Waals surface area contributed by atoms with Crippen molar-refractivity contribution in [3.63, 3.8) is 0 Å². The molecule has 0 fully saturated rings. The van der Waals surface area contributed by atoms with E-state index < -0.39 is 17.8 Å². The molecule has 0 aromatic heterocycles. The molecule has 0 radical (unpaired) electrons. The SMILES string of the molecule is C[C@H](Oc1ccccc1F)C(=O)NNC(=S)Nc1ccc(Cl)cc1. The van der Waals surface area contributed by atoms with Crippen LogP contribution in [-0.4, -0.2) is 17.1 Å². The number of anilines is 1. The number of carbonyl (C=O) groups excluding carboxylic acids is 1. The van der Waals surface area contributed by atoms with Gasteiger partial charge in [-0.3, -0.25) is 15.6 Å². The molecule has 0 saturated heterocycles. The van der Waals surface area contributed by atoms with Crippen LogP contribution < -0.4 is 20.9 Å². The van der Waals surface area contributed by atoms with Gasteiger partial charge in [-0.25, -0.2) is 4.39 Å². The zero-order valence-corrected chi connectivity index (χ0v) is 14.2. The highest BCUT2D eigenvalue weighted by Crippen LogP contribution is 2.17. The number of hydrogen-bond donors (Lipinski definition) is 3. The van der Waals surface area contributed by atoms with Gasteiger partial charge in [-0.1, -0.05) is 23.7 Å². The number of thiocarbonyl (C=S) groups is 1. The minimum absolute atomic E-state index is 0.00187. The van der Waals surface area contributed by atoms with Crippen molar-refractivity contribution < 1.29 is 13.9 Å². The molecule has 3 N–H and O–H groups in total. The first kappa shape index (κ1) is 18.0. The molecule has 0 aliphatic heterocycles. The molecule has 0 heterocycles. The predicted octanol–water partition coefficient (Wildman–Crippen LogP) is 3.26. The topological polar surface area (TPSA) is 62.4 Å². The second-order valence-electron chi connectivity index (χ2n) is 4.77. The van der Waals surface area contributed by atoms with Gasteiger partial charge in [0.1, 0.15) is 0 Å². The summed E-state index contributed by atoms with van der Waals surface area (Å²) in [5.74, 6) is -1.04. The van der Waals surface area contributed by atoms with Crippen molar-refractivity contribution >= 4 is 40.5 Å². The van der Waals surface area contributed by atoms with Gasteiger partial charge in [-0.15, -0.1) is 0 Å². The fraction of sp³-hybridized carbons (Fsp3) is 0.125. The third kappa shape index (κ3) is 5.36. The second-order valence-corrected chi connectivity index (χ2v) is 5.61. The molecule has 8 heteroatoms. The number of hydrogen-bond acceptors (Lipinski definition) is 3. The van der Waals surface area contributed by atoms with Gasteiger partial charge in [0.05, 0.1) is 0 Å². The highest BCUT2D eigenvalue weighted by atomic mass is 35.5. The molecule has 1 atom stereocenters. The maximum atomic E-state index is 13.5. The van der Waals surface area contributed by atoms with Crippen LogP contribution in [-0.2, 0) is 4.79 Å². The van der Waals surface area contributed by atoms with Crippen LogP contribution in [0.25, 0.3) is 0 Å². The number of hydrazine groups is 1. The van der Waals surface area contributed by atoms with Crippen LogP contribution in [0, 0.1) is 5.82 Å². The minimum Gasteiger partial charge on any atom is -0.478 e. The lowest BCUT2D eigenvalue weighted by Gasteiger charge is -2.16. The van der Waals surface area contributed by atoms with Crippen LogP contribution in [0.4, 0.5) is 10.1 Å². The van der Waals surface area contributed by atoms with E-state index in [9.17, 15) is 9.18 Å². The van der Waals surface area contributed by atoms with Gasteiger partial charge in [0, 0.05) is 10.7 Å². The lowest BCUT2D eigenvalue weighted by molar-refractivity contribution is -0.127. The van der Waals surface area contributed by atoms with Gasteiger partial charge in [-0.2, -0.15) is 0 Å². The third-order valence-corrected chi connectivity index (χ3v) is 3.37. The Kier molecular flexibility index (Phi) is 6.34. The molecule has 0 saturated carbocycles. The van der Waals surface area contributed by atoms with Crippen molar-refractivity contribution in [3.8, 4) is 5.75 Å². The maximum Gasteiger partial charge on any atom is 0.279 e. The summed E-state index contributed by atoms with van der Waals surface area (Å²) in [6, 6.07) is 12.7. The molecule has 24 heavy (non-hydrogen) atoms. The number of ether oxygens (including phenoxy) is 1. The third-order valence-electron chi connectivity index (χ3n) is 2.91. The van der Waals surface area contributed by atoms with E-state index in [1.807, 2.05) is 0 Å². The Bertz CT molecular complexity index is 728. The molecule has 0 bridgehead atoms. The Labute approximate surface area is 149 Å². The second kappa shape index (κ2) is 8.47. The Hall–Kier alpha value is -2.38. The van der Waals surface area contributed by atoms with Crippen LogP contribution in [0.15, 0.2) is 48.5 Å². The molecule has 0 unspecified atom stereocenters. The Balaban J connectivity index is 1.80. The van der Waals surface area contributed by atoms with E-state index in [1.165, 1.54) is 25.1 Å². The zero-order valence-electron chi connectivity index (χ0n) is 12.7. The number of carbonyl (C=O) groups is 1. The summed E-state index contributed by atoms with van der Waals surface area (Å²) in [7, 11) is 0. The van der Waals surface area contributed by atoms with E-state index in [1.54, 1.807) is 30.3 Å². The fourth-order valence-electron chi connectivity index (χ4n) is 1.70. The maximum absolute atomic E-state index is 13.5. The van der Waals surface area contributed by atoms with E-state index in [0.29, 0.717) is 10.7 Å². The summed E-state index contributed by atoms with van der Waals surface area (Å²) in [5.41, 5.74) is 5.64. The number of benzene rings is 2. The standard InChI is InChI=1S/C16H15ClFN3O2S/c1-10(23-14-5-3-2-4-13(14)18)15(22)20-21-16(24)19-12-8-6-11(17)7-9-12/h2-10H,1H3,(H,20,22)(H2,19,21,24)/t10-/m0/s1. The van der Waals surface area contributed by atoms with Crippen molar-refractivity contribution in [3.05, 3.63) is 59.4 Å². The zero-order chi connectivity index (χ0) is 17.5. The van der Waals surface area contributed by atoms with Crippen LogP contribution in [0.5, 0.6) is 5.75 Å². The molecule has 1 amide bonds. The number of halogens is 2. The molecule has 2 aromatic rings. The lowest BCUT2D eigenvalue weighted by atomic mass is 10.3. The summed E-state index contributed by atoms with van der Waals surface area (Å²) >= 11 is 10.8. The molecule has 5 nitrogen and oxygen atoms in total. The highest BCUT2D eigenvalue weighted by Gasteiger charge is 2.16. The predicted molar refractivity (Wildman–Crippen MR) is 95.4 cm³/mol. The highest BCUT2D eigenvalue weighted by molar-refractivity contribution is 7.80. The van der Waals surface area contributed by atoms with Crippen LogP contribution in [0.2, 0.25) is 5.02 Å². The minimum atomic E-state index is -0.910. The molecule has 0 spiro atoms. The summed E-state index contributed by atoms with van der Waals surface area (Å²) in [6.07, 6.45) is -0.910. The monoisotopic (exact) mass is 367 g/mol. The quantitative estimate of drug-likeness (QED) is 0.572. The Morgan fingerprint density at radius 1 is 1.17 bits per heavy atom. The molecule has 0 aliphatic rings. The van der Waals surface area contributed by atoms with Crippen LogP contribution >= 0.6 is 23.8 Å². The average molecular weight is 368 g/mol. The van der Waals surface area contributed by atoms with Crippen molar-refractivity contribution in [2.75, 3.05) is 5.32 Å². The van der Waals surface area contributed by atoms with E-state index in [0.717, 1.165) is 0 Å². The van der Waals surface area contributed by atoms with E-state index in [-0.39, 0.29) is 10.9 Å². The van der Waals surface area contributed by atoms with Gasteiger partial charge < -0.3 is 10.1 Å².